The zero-order valence-corrected chi connectivity index (χ0v) is 17.8. The van der Waals surface area contributed by atoms with Gasteiger partial charge in [0, 0.05) is 4.47 Å². The van der Waals surface area contributed by atoms with Gasteiger partial charge in [-0.2, -0.15) is 13.2 Å². The van der Waals surface area contributed by atoms with Crippen molar-refractivity contribution in [1.82, 2.24) is 0 Å². The molecule has 0 spiro atoms. The highest BCUT2D eigenvalue weighted by molar-refractivity contribution is 9.10. The van der Waals surface area contributed by atoms with E-state index in [4.69, 9.17) is 14.2 Å². The van der Waals surface area contributed by atoms with Crippen molar-refractivity contribution in [3.05, 3.63) is 88.6 Å². The molecule has 164 valence electrons. The Morgan fingerprint density at radius 2 is 1.55 bits per heavy atom. The maximum Gasteiger partial charge on any atom is 0.397 e. The molecule has 0 heterocycles. The van der Waals surface area contributed by atoms with Crippen LogP contribution in [-0.4, -0.2) is 19.4 Å². The smallest absolute Gasteiger partial charge is 0.397 e. The number of ether oxygens (including phenoxy) is 3. The Labute approximate surface area is 185 Å². The van der Waals surface area contributed by atoms with E-state index in [1.54, 1.807) is 54.6 Å². The van der Waals surface area contributed by atoms with Crippen LogP contribution in [-0.2, 0) is 11.3 Å². The molecule has 0 saturated heterocycles. The van der Waals surface area contributed by atoms with Crippen LogP contribution in [0.15, 0.2) is 77.3 Å². The molecule has 3 nitrogen and oxygen atoms in total. The van der Waals surface area contributed by atoms with Gasteiger partial charge in [0.05, 0.1) is 13.2 Å². The maximum absolute atomic E-state index is 14.0. The zero-order chi connectivity index (χ0) is 22.3. The number of para-hydroxylation sites is 1. The van der Waals surface area contributed by atoms with Gasteiger partial charge < -0.3 is 14.2 Å². The number of benzene rings is 3. The highest BCUT2D eigenvalue weighted by Gasteiger charge is 2.40. The molecule has 0 fully saturated rings. The van der Waals surface area contributed by atoms with Gasteiger partial charge in [0.1, 0.15) is 24.0 Å². The minimum Gasteiger partial charge on any atom is -0.493 e. The van der Waals surface area contributed by atoms with Crippen molar-refractivity contribution in [1.29, 1.82) is 0 Å². The van der Waals surface area contributed by atoms with Crippen LogP contribution in [0.5, 0.6) is 17.2 Å². The fourth-order valence-corrected chi connectivity index (χ4v) is 2.88. The van der Waals surface area contributed by atoms with E-state index in [0.29, 0.717) is 17.1 Å². The SMILES string of the molecule is Fc1ccc(COCC(COc2ccc(Br)cc2)C(F)(F)F)cc1Oc1ccccc1. The van der Waals surface area contributed by atoms with E-state index in [0.717, 1.165) is 4.47 Å². The van der Waals surface area contributed by atoms with Gasteiger partial charge in [-0.1, -0.05) is 40.2 Å². The van der Waals surface area contributed by atoms with Crippen molar-refractivity contribution in [3.63, 3.8) is 0 Å². The highest BCUT2D eigenvalue weighted by Crippen LogP contribution is 2.29. The lowest BCUT2D eigenvalue weighted by Gasteiger charge is -2.21. The predicted molar refractivity (Wildman–Crippen MR) is 112 cm³/mol. The van der Waals surface area contributed by atoms with E-state index in [1.807, 2.05) is 0 Å². The summed E-state index contributed by atoms with van der Waals surface area (Å²) in [5, 5.41) is 0. The average molecular weight is 499 g/mol. The molecule has 0 aliphatic heterocycles. The normalized spacial score (nSPS) is 12.4. The fraction of sp³-hybridized carbons (Fsp3) is 0.217. The molecule has 0 aliphatic rings. The fourth-order valence-electron chi connectivity index (χ4n) is 2.62. The molecule has 0 saturated carbocycles. The van der Waals surface area contributed by atoms with Crippen LogP contribution >= 0.6 is 15.9 Å². The van der Waals surface area contributed by atoms with E-state index in [1.165, 1.54) is 18.2 Å². The predicted octanol–water partition coefficient (Wildman–Crippen LogP) is 7.15. The molecule has 0 bridgehead atoms. The molecule has 0 N–H and O–H groups in total. The molecule has 3 aromatic carbocycles. The summed E-state index contributed by atoms with van der Waals surface area (Å²) in [5.41, 5.74) is 0.488. The lowest BCUT2D eigenvalue weighted by Crippen LogP contribution is -2.32. The molecule has 31 heavy (non-hydrogen) atoms. The van der Waals surface area contributed by atoms with Crippen LogP contribution in [0.2, 0.25) is 0 Å². The molecule has 8 heteroatoms. The van der Waals surface area contributed by atoms with Crippen LogP contribution in [0.3, 0.4) is 0 Å². The summed E-state index contributed by atoms with van der Waals surface area (Å²) in [6.07, 6.45) is -4.49. The molecular weight excluding hydrogens is 480 g/mol. The molecule has 0 amide bonds. The Bertz CT molecular complexity index is 963. The number of alkyl halides is 3. The third kappa shape index (κ3) is 7.25. The Morgan fingerprint density at radius 1 is 0.839 bits per heavy atom. The first-order chi connectivity index (χ1) is 14.8. The molecule has 0 aromatic heterocycles. The van der Waals surface area contributed by atoms with Crippen LogP contribution in [0, 0.1) is 11.7 Å². The van der Waals surface area contributed by atoms with Crippen LogP contribution in [0.4, 0.5) is 17.6 Å². The number of rotatable bonds is 9. The van der Waals surface area contributed by atoms with Gasteiger partial charge in [0.15, 0.2) is 11.6 Å². The maximum atomic E-state index is 14.0. The van der Waals surface area contributed by atoms with Gasteiger partial charge in [0.2, 0.25) is 0 Å². The Kier molecular flexibility index (Phi) is 7.92. The van der Waals surface area contributed by atoms with E-state index < -0.39 is 31.1 Å². The topological polar surface area (TPSA) is 27.7 Å². The second-order valence-electron chi connectivity index (χ2n) is 6.70. The molecule has 1 atom stereocenters. The Balaban J connectivity index is 1.57. The van der Waals surface area contributed by atoms with Crippen molar-refractivity contribution >= 4 is 15.9 Å². The third-order valence-corrected chi connectivity index (χ3v) is 4.81. The van der Waals surface area contributed by atoms with Crippen molar-refractivity contribution in [2.75, 3.05) is 13.2 Å². The Hall–Kier alpha value is -2.58. The first-order valence-electron chi connectivity index (χ1n) is 9.35. The molecular formula is C23H19BrF4O3. The van der Waals surface area contributed by atoms with Crippen LogP contribution in [0.25, 0.3) is 0 Å². The summed E-state index contributed by atoms with van der Waals surface area (Å²) in [5.74, 6) is -1.64. The molecule has 3 aromatic rings. The molecule has 0 radical (unpaired) electrons. The quantitative estimate of drug-likeness (QED) is 0.293. The van der Waals surface area contributed by atoms with Gasteiger partial charge >= 0.3 is 6.18 Å². The van der Waals surface area contributed by atoms with E-state index in [-0.39, 0.29) is 12.4 Å². The monoisotopic (exact) mass is 498 g/mol. The number of hydrogen-bond donors (Lipinski definition) is 0. The summed E-state index contributed by atoms with van der Waals surface area (Å²) in [6, 6.07) is 19.2. The second-order valence-corrected chi connectivity index (χ2v) is 7.61. The average Bonchev–Trinajstić information content (AvgIpc) is 2.74. The van der Waals surface area contributed by atoms with Crippen molar-refractivity contribution < 1.29 is 31.8 Å². The molecule has 0 aliphatic carbocycles. The standard InChI is InChI=1S/C23H19BrF4O3/c24-18-7-9-19(10-8-18)30-15-17(23(26,27)28)14-29-13-16-6-11-21(25)22(12-16)31-20-4-2-1-3-5-20/h1-12,17H,13-15H2. The molecule has 3 rings (SSSR count). The molecule has 1 unspecified atom stereocenters. The first-order valence-corrected chi connectivity index (χ1v) is 10.1. The van der Waals surface area contributed by atoms with Gasteiger partial charge in [-0.25, -0.2) is 4.39 Å². The summed E-state index contributed by atoms with van der Waals surface area (Å²) in [7, 11) is 0. The highest BCUT2D eigenvalue weighted by atomic mass is 79.9. The van der Waals surface area contributed by atoms with Crippen molar-refractivity contribution in [2.45, 2.75) is 12.8 Å². The summed E-state index contributed by atoms with van der Waals surface area (Å²) in [4.78, 5) is 0. The van der Waals surface area contributed by atoms with Crippen LogP contribution in [0.1, 0.15) is 5.56 Å². The Morgan fingerprint density at radius 3 is 2.23 bits per heavy atom. The summed E-state index contributed by atoms with van der Waals surface area (Å²) < 4.78 is 70.8. The largest absolute Gasteiger partial charge is 0.493 e. The van der Waals surface area contributed by atoms with Crippen molar-refractivity contribution in [3.8, 4) is 17.2 Å². The zero-order valence-electron chi connectivity index (χ0n) is 16.2. The minimum atomic E-state index is -4.49. The van der Waals surface area contributed by atoms with Gasteiger partial charge in [0.25, 0.3) is 0 Å². The minimum absolute atomic E-state index is 0.0294. The first kappa shape index (κ1) is 23.1. The number of hydrogen-bond acceptors (Lipinski definition) is 3. The lowest BCUT2D eigenvalue weighted by atomic mass is 10.1. The van der Waals surface area contributed by atoms with Gasteiger partial charge in [-0.3, -0.25) is 0 Å². The summed E-state index contributed by atoms with van der Waals surface area (Å²) in [6.45, 7) is -1.29. The number of halogens is 5. The second kappa shape index (κ2) is 10.6. The third-order valence-electron chi connectivity index (χ3n) is 4.28. The van der Waals surface area contributed by atoms with Gasteiger partial charge in [-0.15, -0.1) is 0 Å². The lowest BCUT2D eigenvalue weighted by molar-refractivity contribution is -0.196. The van der Waals surface area contributed by atoms with E-state index >= 15 is 0 Å². The van der Waals surface area contributed by atoms with E-state index in [2.05, 4.69) is 15.9 Å². The van der Waals surface area contributed by atoms with Crippen LogP contribution < -0.4 is 9.47 Å². The summed E-state index contributed by atoms with van der Waals surface area (Å²) >= 11 is 3.25. The van der Waals surface area contributed by atoms with Gasteiger partial charge in [-0.05, 0) is 54.1 Å². The van der Waals surface area contributed by atoms with Crippen molar-refractivity contribution in [2.24, 2.45) is 5.92 Å². The van der Waals surface area contributed by atoms with E-state index in [9.17, 15) is 17.6 Å².